The molecule has 3 aromatic carbocycles. The number of imide groups is 2. The summed E-state index contributed by atoms with van der Waals surface area (Å²) in [4.78, 5) is 63.5. The largest absolute Gasteiger partial charge is 0.573 e. The molecule has 4 aliphatic rings. The predicted octanol–water partition coefficient (Wildman–Crippen LogP) is 9.16. The Kier molecular flexibility index (Phi) is 9.71. The van der Waals surface area contributed by atoms with Gasteiger partial charge < -0.3 is 9.84 Å². The fourth-order valence-corrected chi connectivity index (χ4v) is 9.57. The predicted molar refractivity (Wildman–Crippen MR) is 200 cm³/mol. The number of allylic oxidation sites excluding steroid dienone is 2. The van der Waals surface area contributed by atoms with Crippen LogP contribution < -0.4 is 15.1 Å². The summed E-state index contributed by atoms with van der Waals surface area (Å²) in [5.74, 6) is -11.3. The quantitative estimate of drug-likeness (QED) is 0.112. The van der Waals surface area contributed by atoms with E-state index in [1.807, 2.05) is 0 Å². The van der Waals surface area contributed by atoms with Gasteiger partial charge in [-0.1, -0.05) is 64.7 Å². The monoisotopic (exact) mass is 878 g/mol. The average Bonchev–Trinajstić information content (AvgIpc) is 3.54. The number of phenolic OH excluding ortho intramolecular Hbond substituents is 1. The zero-order chi connectivity index (χ0) is 42.5. The number of amides is 4. The van der Waals surface area contributed by atoms with Gasteiger partial charge >= 0.3 is 12.5 Å². The van der Waals surface area contributed by atoms with Crippen molar-refractivity contribution in [2.75, 3.05) is 10.3 Å². The standard InChI is InChI=1S/C40H27Cl3F6N4O6/c1-17-2-7-21(13-28(17)42)52-34(55)24-10-9-23-25(31(24)36(52)57)15-27-35(56)53(51-33-29(43)12-19(16-50-33)39(44,45)46)37(58)38(27,18-3-5-20(41)6-4-18)32(23)26-14-22(8-11-30(26)54)59-40(47,48)49/h2-9,11-14,16,24-25,27,31-32,54H,10,15H2,1H3,(H,50,51). The van der Waals surface area contributed by atoms with Crippen LogP contribution in [0.4, 0.5) is 37.8 Å². The van der Waals surface area contributed by atoms with Crippen LogP contribution >= 0.6 is 34.8 Å². The number of aryl methyl sites for hydroxylation is 1. The molecule has 2 aliphatic heterocycles. The number of nitrogens with one attached hydrogen (secondary N) is 1. The molecule has 4 aromatic rings. The van der Waals surface area contributed by atoms with E-state index in [1.54, 1.807) is 25.1 Å². The van der Waals surface area contributed by atoms with Crippen LogP contribution in [0.1, 0.15) is 41.0 Å². The van der Waals surface area contributed by atoms with E-state index in [0.29, 0.717) is 22.8 Å². The molecule has 0 bridgehead atoms. The molecular formula is C40H27Cl3F6N4O6. The Morgan fingerprint density at radius 3 is 2.22 bits per heavy atom. The number of fused-ring (bicyclic) bond motifs is 4. The van der Waals surface area contributed by atoms with Crippen molar-refractivity contribution in [2.24, 2.45) is 23.7 Å². The van der Waals surface area contributed by atoms with Crippen LogP contribution in [0.2, 0.25) is 15.1 Å². The minimum Gasteiger partial charge on any atom is -0.508 e. The number of hydrogen-bond acceptors (Lipinski definition) is 8. The molecular weight excluding hydrogens is 853 g/mol. The fourth-order valence-electron chi connectivity index (χ4n) is 9.06. The van der Waals surface area contributed by atoms with Crippen LogP contribution in [0.5, 0.6) is 11.5 Å². The van der Waals surface area contributed by atoms with E-state index in [2.05, 4.69) is 15.1 Å². The maximum absolute atomic E-state index is 15.3. The Labute approximate surface area is 345 Å². The van der Waals surface area contributed by atoms with E-state index in [4.69, 9.17) is 34.8 Å². The third-order valence-electron chi connectivity index (χ3n) is 11.5. The molecule has 306 valence electrons. The van der Waals surface area contributed by atoms with E-state index in [0.717, 1.165) is 23.1 Å². The van der Waals surface area contributed by atoms with Gasteiger partial charge in [-0.3, -0.25) is 24.6 Å². The van der Waals surface area contributed by atoms with Crippen LogP contribution in [0.3, 0.4) is 0 Å². The molecule has 6 unspecified atom stereocenters. The molecule has 6 atom stereocenters. The Bertz CT molecular complexity index is 2500. The number of carbonyl (C=O) groups excluding carboxylic acids is 4. The van der Waals surface area contributed by atoms with E-state index in [-0.39, 0.29) is 45.3 Å². The minimum absolute atomic E-state index is 0.0796. The number of hydrogen-bond donors (Lipinski definition) is 2. The molecule has 10 nitrogen and oxygen atoms in total. The van der Waals surface area contributed by atoms with Crippen LogP contribution in [-0.2, 0) is 30.8 Å². The van der Waals surface area contributed by atoms with Gasteiger partial charge in [0.2, 0.25) is 11.8 Å². The highest BCUT2D eigenvalue weighted by molar-refractivity contribution is 6.33. The number of halogens is 9. The Morgan fingerprint density at radius 2 is 1.58 bits per heavy atom. The van der Waals surface area contributed by atoms with Crippen molar-refractivity contribution in [2.45, 2.75) is 43.6 Å². The van der Waals surface area contributed by atoms with Gasteiger partial charge in [0.15, 0.2) is 5.82 Å². The van der Waals surface area contributed by atoms with Gasteiger partial charge in [-0.2, -0.15) is 18.2 Å². The molecule has 1 aromatic heterocycles. The lowest BCUT2D eigenvalue weighted by molar-refractivity contribution is -0.274. The molecule has 2 aliphatic carbocycles. The van der Waals surface area contributed by atoms with Crippen molar-refractivity contribution in [1.29, 1.82) is 0 Å². The molecule has 2 saturated heterocycles. The summed E-state index contributed by atoms with van der Waals surface area (Å²) in [6.07, 6.45) is -8.37. The zero-order valence-electron chi connectivity index (χ0n) is 30.0. The van der Waals surface area contributed by atoms with E-state index in [9.17, 15) is 45.8 Å². The van der Waals surface area contributed by atoms with Crippen LogP contribution in [0, 0.1) is 30.6 Å². The second-order valence-corrected chi connectivity index (χ2v) is 15.9. The maximum Gasteiger partial charge on any atom is 0.573 e. The number of carbonyl (C=O) groups is 4. The van der Waals surface area contributed by atoms with E-state index < -0.39 is 99.1 Å². The van der Waals surface area contributed by atoms with Crippen LogP contribution in [0.25, 0.3) is 0 Å². The van der Waals surface area contributed by atoms with Crippen molar-refractivity contribution < 1.29 is 55.4 Å². The molecule has 3 heterocycles. The normalized spacial score (nSPS) is 25.5. The van der Waals surface area contributed by atoms with Gasteiger partial charge in [-0.15, -0.1) is 13.2 Å². The smallest absolute Gasteiger partial charge is 0.508 e. The summed E-state index contributed by atoms with van der Waals surface area (Å²) in [5.41, 5.74) is 0.0279. The third-order valence-corrected chi connectivity index (χ3v) is 12.5. The lowest BCUT2D eigenvalue weighted by Gasteiger charge is -2.50. The zero-order valence-corrected chi connectivity index (χ0v) is 32.3. The van der Waals surface area contributed by atoms with Gasteiger partial charge in [0, 0.05) is 27.7 Å². The Hall–Kier alpha value is -5.32. The number of hydrazine groups is 1. The molecule has 0 spiro atoms. The lowest BCUT2D eigenvalue weighted by Crippen LogP contribution is -2.53. The van der Waals surface area contributed by atoms with Crippen molar-refractivity contribution in [3.63, 3.8) is 0 Å². The van der Waals surface area contributed by atoms with Crippen molar-refractivity contribution in [3.8, 4) is 11.5 Å². The topological polar surface area (TPSA) is 129 Å². The van der Waals surface area contributed by atoms with Crippen LogP contribution in [-0.4, -0.2) is 45.1 Å². The highest BCUT2D eigenvalue weighted by Crippen LogP contribution is 2.65. The molecule has 8 rings (SSSR count). The Balaban J connectivity index is 1.33. The van der Waals surface area contributed by atoms with Gasteiger partial charge in [-0.05, 0) is 85.3 Å². The van der Waals surface area contributed by atoms with E-state index >= 15 is 4.79 Å². The Morgan fingerprint density at radius 1 is 0.864 bits per heavy atom. The third kappa shape index (κ3) is 6.55. The summed E-state index contributed by atoms with van der Waals surface area (Å²) in [5, 5.41) is 11.9. The van der Waals surface area contributed by atoms with Crippen molar-refractivity contribution in [1.82, 2.24) is 9.99 Å². The number of anilines is 2. The second kappa shape index (κ2) is 14.2. The number of pyridine rings is 1. The highest BCUT2D eigenvalue weighted by Gasteiger charge is 2.71. The summed E-state index contributed by atoms with van der Waals surface area (Å²) in [7, 11) is 0. The first-order valence-corrected chi connectivity index (χ1v) is 18.9. The fraction of sp³-hybridized carbons (Fsp3) is 0.275. The molecule has 4 amide bonds. The first-order chi connectivity index (χ1) is 27.7. The number of aromatic nitrogens is 1. The number of phenols is 1. The van der Waals surface area contributed by atoms with Gasteiger partial charge in [0.1, 0.15) is 11.5 Å². The maximum atomic E-state index is 15.3. The lowest BCUT2D eigenvalue weighted by atomic mass is 9.49. The first-order valence-electron chi connectivity index (χ1n) is 17.8. The number of aromatic hydroxyl groups is 1. The summed E-state index contributed by atoms with van der Waals surface area (Å²) in [6, 6.07) is 13.5. The number of alkyl halides is 6. The summed E-state index contributed by atoms with van der Waals surface area (Å²) >= 11 is 18.8. The molecule has 2 N–H and O–H groups in total. The average molecular weight is 880 g/mol. The minimum atomic E-state index is -5.19. The number of nitrogens with zero attached hydrogens (tertiary/aromatic N) is 3. The molecule has 59 heavy (non-hydrogen) atoms. The van der Waals surface area contributed by atoms with E-state index in [1.165, 1.54) is 30.3 Å². The van der Waals surface area contributed by atoms with Crippen LogP contribution in [0.15, 0.2) is 84.6 Å². The molecule has 19 heteroatoms. The second-order valence-electron chi connectivity index (χ2n) is 14.6. The first kappa shape index (κ1) is 40.5. The summed E-state index contributed by atoms with van der Waals surface area (Å²) < 4.78 is 85.6. The number of benzene rings is 3. The van der Waals surface area contributed by atoms with Crippen molar-refractivity contribution >= 4 is 69.9 Å². The van der Waals surface area contributed by atoms with Gasteiger partial charge in [-0.25, -0.2) is 9.88 Å². The highest BCUT2D eigenvalue weighted by atomic mass is 35.5. The number of rotatable bonds is 6. The molecule has 3 fully saturated rings. The van der Waals surface area contributed by atoms with Gasteiger partial charge in [0.25, 0.3) is 11.8 Å². The number of ether oxygens (including phenoxy) is 1. The van der Waals surface area contributed by atoms with Gasteiger partial charge in [0.05, 0.1) is 39.4 Å². The molecule has 1 saturated carbocycles. The molecule has 0 radical (unpaired) electrons. The SMILES string of the molecule is Cc1ccc(N2C(=O)C3CC=C4C(CC5C(=O)N(Nc6ncc(C(F)(F)F)cc6Cl)C(=O)C5(c5ccc(Cl)cc5)C4c4cc(OC(F)(F)F)ccc4O)C3C2=O)cc1Cl. The van der Waals surface area contributed by atoms with Crippen molar-refractivity contribution in [3.05, 3.63) is 122 Å². The summed E-state index contributed by atoms with van der Waals surface area (Å²) in [6.45, 7) is 1.73.